The molecule has 0 saturated carbocycles. The van der Waals surface area contributed by atoms with Crippen molar-refractivity contribution in [2.45, 2.75) is 0 Å². The van der Waals surface area contributed by atoms with E-state index in [1.807, 2.05) is 7.05 Å². The Morgan fingerprint density at radius 1 is 1.67 bits per heavy atom. The van der Waals surface area contributed by atoms with Crippen LogP contribution in [-0.4, -0.2) is 43.2 Å². The fourth-order valence-electron chi connectivity index (χ4n) is 0.998. The summed E-state index contributed by atoms with van der Waals surface area (Å²) < 4.78 is 4.92. The number of likely N-dealkylation sites (N-methyl/N-ethyl adjacent to an activating group) is 1. The van der Waals surface area contributed by atoms with Gasteiger partial charge in [-0.25, -0.2) is 9.97 Å². The lowest BCUT2D eigenvalue weighted by molar-refractivity contribution is 0.0995. The van der Waals surface area contributed by atoms with Crippen molar-refractivity contribution >= 4 is 11.9 Å². The zero-order valence-corrected chi connectivity index (χ0v) is 8.80. The molecule has 0 aromatic carbocycles. The first-order chi connectivity index (χ1) is 7.15. The minimum Gasteiger partial charge on any atom is -0.383 e. The van der Waals surface area contributed by atoms with Crippen molar-refractivity contribution in [3.8, 4) is 0 Å². The second-order valence-corrected chi connectivity index (χ2v) is 3.02. The van der Waals surface area contributed by atoms with E-state index >= 15 is 0 Å². The van der Waals surface area contributed by atoms with Crippen LogP contribution in [0.1, 0.15) is 10.5 Å². The highest BCUT2D eigenvalue weighted by molar-refractivity contribution is 5.90. The van der Waals surface area contributed by atoms with Gasteiger partial charge in [-0.15, -0.1) is 0 Å². The third kappa shape index (κ3) is 3.17. The molecule has 1 aromatic rings. The second kappa shape index (κ2) is 5.26. The third-order valence-electron chi connectivity index (χ3n) is 1.87. The van der Waals surface area contributed by atoms with Gasteiger partial charge in [-0.1, -0.05) is 0 Å². The van der Waals surface area contributed by atoms with Gasteiger partial charge in [-0.3, -0.25) is 4.79 Å². The lowest BCUT2D eigenvalue weighted by atomic mass is 10.4. The number of carbonyl (C=O) groups excluding carboxylic acids is 1. The predicted molar refractivity (Wildman–Crippen MR) is 55.7 cm³/mol. The highest BCUT2D eigenvalue weighted by Gasteiger charge is 2.07. The number of aromatic nitrogens is 2. The molecule has 6 nitrogen and oxygen atoms in total. The van der Waals surface area contributed by atoms with Crippen molar-refractivity contribution < 1.29 is 9.53 Å². The van der Waals surface area contributed by atoms with E-state index in [-0.39, 0.29) is 5.69 Å². The Labute approximate surface area is 88.1 Å². The van der Waals surface area contributed by atoms with Crippen molar-refractivity contribution in [3.05, 3.63) is 18.0 Å². The number of anilines is 1. The molecule has 6 heteroatoms. The summed E-state index contributed by atoms with van der Waals surface area (Å²) >= 11 is 0. The van der Waals surface area contributed by atoms with Crippen LogP contribution in [0.5, 0.6) is 0 Å². The van der Waals surface area contributed by atoms with Crippen molar-refractivity contribution in [1.82, 2.24) is 9.97 Å². The first-order valence-corrected chi connectivity index (χ1v) is 4.48. The van der Waals surface area contributed by atoms with Gasteiger partial charge in [0.15, 0.2) is 0 Å². The van der Waals surface area contributed by atoms with Gasteiger partial charge in [0.25, 0.3) is 5.91 Å². The average Bonchev–Trinajstić information content (AvgIpc) is 2.26. The highest BCUT2D eigenvalue weighted by Crippen LogP contribution is 2.04. The number of rotatable bonds is 5. The Morgan fingerprint density at radius 2 is 2.40 bits per heavy atom. The van der Waals surface area contributed by atoms with Crippen LogP contribution in [0, 0.1) is 0 Å². The van der Waals surface area contributed by atoms with Crippen LogP contribution in [0.15, 0.2) is 12.3 Å². The van der Waals surface area contributed by atoms with E-state index in [1.54, 1.807) is 12.0 Å². The van der Waals surface area contributed by atoms with Gasteiger partial charge in [0.1, 0.15) is 5.69 Å². The van der Waals surface area contributed by atoms with Crippen molar-refractivity contribution in [2.75, 3.05) is 32.2 Å². The van der Waals surface area contributed by atoms with E-state index in [0.717, 1.165) is 0 Å². The van der Waals surface area contributed by atoms with Crippen LogP contribution in [0.25, 0.3) is 0 Å². The molecule has 82 valence electrons. The zero-order chi connectivity index (χ0) is 11.3. The maximum atomic E-state index is 10.9. The number of nitrogens with zero attached hydrogens (tertiary/aromatic N) is 3. The lowest BCUT2D eigenvalue weighted by Gasteiger charge is -2.16. The summed E-state index contributed by atoms with van der Waals surface area (Å²) in [7, 11) is 3.44. The van der Waals surface area contributed by atoms with Crippen molar-refractivity contribution in [2.24, 2.45) is 5.73 Å². The van der Waals surface area contributed by atoms with Gasteiger partial charge in [0.05, 0.1) is 6.61 Å². The zero-order valence-electron chi connectivity index (χ0n) is 8.80. The number of methoxy groups -OCH3 is 1. The standard InChI is InChI=1S/C9H14N4O2/c1-13(5-6-15-2)9-11-4-3-7(12-9)8(10)14/h3-4H,5-6H2,1-2H3,(H2,10,14). The summed E-state index contributed by atoms with van der Waals surface area (Å²) in [4.78, 5) is 20.7. The van der Waals surface area contributed by atoms with Gasteiger partial charge in [-0.05, 0) is 6.07 Å². The Hall–Kier alpha value is -1.69. The van der Waals surface area contributed by atoms with Crippen LogP contribution in [-0.2, 0) is 4.74 Å². The van der Waals surface area contributed by atoms with Crippen LogP contribution in [0.4, 0.5) is 5.95 Å². The number of ether oxygens (including phenoxy) is 1. The summed E-state index contributed by atoms with van der Waals surface area (Å²) in [6.45, 7) is 1.22. The minimum absolute atomic E-state index is 0.212. The largest absolute Gasteiger partial charge is 0.383 e. The molecule has 0 fully saturated rings. The number of carbonyl (C=O) groups is 1. The molecule has 0 aliphatic rings. The molecule has 0 saturated heterocycles. The van der Waals surface area contributed by atoms with Gasteiger partial charge in [0.2, 0.25) is 5.95 Å². The summed E-state index contributed by atoms with van der Waals surface area (Å²) in [5.74, 6) is -0.0952. The molecule has 0 aliphatic heterocycles. The van der Waals surface area contributed by atoms with E-state index in [2.05, 4.69) is 9.97 Å². The first-order valence-electron chi connectivity index (χ1n) is 4.48. The Kier molecular flexibility index (Phi) is 3.99. The van der Waals surface area contributed by atoms with E-state index < -0.39 is 5.91 Å². The Bertz CT molecular complexity index is 343. The quantitative estimate of drug-likeness (QED) is 0.719. The van der Waals surface area contributed by atoms with Crippen LogP contribution in [0.3, 0.4) is 0 Å². The summed E-state index contributed by atoms with van der Waals surface area (Å²) in [5, 5.41) is 0. The number of hydrogen-bond donors (Lipinski definition) is 1. The van der Waals surface area contributed by atoms with Crippen molar-refractivity contribution in [3.63, 3.8) is 0 Å². The number of hydrogen-bond acceptors (Lipinski definition) is 5. The molecule has 2 N–H and O–H groups in total. The monoisotopic (exact) mass is 210 g/mol. The molecule has 1 heterocycles. The van der Waals surface area contributed by atoms with E-state index in [0.29, 0.717) is 19.1 Å². The second-order valence-electron chi connectivity index (χ2n) is 3.02. The molecular formula is C9H14N4O2. The molecule has 0 bridgehead atoms. The normalized spacial score (nSPS) is 10.0. The van der Waals surface area contributed by atoms with E-state index in [4.69, 9.17) is 10.5 Å². The lowest BCUT2D eigenvalue weighted by Crippen LogP contribution is -2.25. The fraction of sp³-hybridized carbons (Fsp3) is 0.444. The van der Waals surface area contributed by atoms with Gasteiger partial charge < -0.3 is 15.4 Å². The predicted octanol–water partition coefficient (Wildman–Crippen LogP) is -0.342. The molecule has 0 atom stereocenters. The maximum absolute atomic E-state index is 10.9. The Morgan fingerprint density at radius 3 is 3.00 bits per heavy atom. The smallest absolute Gasteiger partial charge is 0.267 e. The van der Waals surface area contributed by atoms with Crippen LogP contribution in [0.2, 0.25) is 0 Å². The summed E-state index contributed by atoms with van der Waals surface area (Å²) in [6.07, 6.45) is 1.51. The van der Waals surface area contributed by atoms with Crippen LogP contribution < -0.4 is 10.6 Å². The molecule has 15 heavy (non-hydrogen) atoms. The fourth-order valence-corrected chi connectivity index (χ4v) is 0.998. The number of primary amides is 1. The van der Waals surface area contributed by atoms with Gasteiger partial charge >= 0.3 is 0 Å². The summed E-state index contributed by atoms with van der Waals surface area (Å²) in [6, 6.07) is 1.48. The Balaban J connectivity index is 2.76. The average molecular weight is 210 g/mol. The van der Waals surface area contributed by atoms with Gasteiger partial charge in [0, 0.05) is 26.9 Å². The van der Waals surface area contributed by atoms with E-state index in [9.17, 15) is 4.79 Å². The maximum Gasteiger partial charge on any atom is 0.267 e. The van der Waals surface area contributed by atoms with Crippen molar-refractivity contribution in [1.29, 1.82) is 0 Å². The number of amides is 1. The topological polar surface area (TPSA) is 81.3 Å². The molecule has 0 spiro atoms. The highest BCUT2D eigenvalue weighted by atomic mass is 16.5. The molecule has 1 rings (SSSR count). The first kappa shape index (κ1) is 11.4. The molecule has 0 unspecified atom stereocenters. The molecule has 0 aliphatic carbocycles. The van der Waals surface area contributed by atoms with E-state index in [1.165, 1.54) is 12.3 Å². The minimum atomic E-state index is -0.557. The third-order valence-corrected chi connectivity index (χ3v) is 1.87. The summed E-state index contributed by atoms with van der Waals surface area (Å²) in [5.41, 5.74) is 5.32. The molecule has 1 aromatic heterocycles. The SMILES string of the molecule is COCCN(C)c1nccc(C(N)=O)n1. The van der Waals surface area contributed by atoms with Gasteiger partial charge in [-0.2, -0.15) is 0 Å². The van der Waals surface area contributed by atoms with Crippen LogP contribution >= 0.6 is 0 Å². The molecular weight excluding hydrogens is 196 g/mol. The number of nitrogens with two attached hydrogens (primary N) is 1. The molecule has 0 radical (unpaired) electrons. The molecule has 1 amide bonds.